The van der Waals surface area contributed by atoms with Crippen LogP contribution in [0.15, 0.2) is 47.8 Å². The number of esters is 1. The van der Waals surface area contributed by atoms with E-state index in [1.807, 2.05) is 0 Å². The highest BCUT2D eigenvalue weighted by Gasteiger charge is 2.43. The van der Waals surface area contributed by atoms with Crippen LogP contribution in [0.25, 0.3) is 6.08 Å². The summed E-state index contributed by atoms with van der Waals surface area (Å²) in [5.74, 6) is -1.43. The number of halogens is 6. The van der Waals surface area contributed by atoms with Crippen LogP contribution in [-0.4, -0.2) is 38.1 Å². The van der Waals surface area contributed by atoms with E-state index < -0.39 is 44.4 Å². The average Bonchev–Trinajstić information content (AvgIpc) is 2.62. The largest absolute Gasteiger partial charge is 0.462 e. The van der Waals surface area contributed by atoms with Gasteiger partial charge in [0, 0.05) is 0 Å². The average molecular weight is 446 g/mol. The van der Waals surface area contributed by atoms with E-state index in [0.717, 1.165) is 12.2 Å². The smallest absolute Gasteiger partial charge is 0.412 e. The molecule has 162 valence electrons. The van der Waals surface area contributed by atoms with Crippen molar-refractivity contribution in [1.82, 2.24) is 0 Å². The van der Waals surface area contributed by atoms with Crippen LogP contribution in [0.1, 0.15) is 12.5 Å². The molecule has 1 rings (SSSR count). The van der Waals surface area contributed by atoms with Crippen LogP contribution in [-0.2, 0) is 23.1 Å². The molecule has 0 atom stereocenters. The number of rotatable bonds is 9. The Kier molecular flexibility index (Phi) is 9.13. The lowest BCUT2D eigenvalue weighted by Crippen LogP contribution is -2.22. The van der Waals surface area contributed by atoms with E-state index >= 15 is 0 Å². The molecule has 0 heterocycles. The molecule has 0 aromatic heterocycles. The molecule has 12 heteroatoms. The summed E-state index contributed by atoms with van der Waals surface area (Å²) in [6.45, 7) is -3.33. The molecule has 0 saturated heterocycles. The van der Waals surface area contributed by atoms with E-state index in [2.05, 4.69) is 13.8 Å². The third-order valence-corrected chi connectivity index (χ3v) is 4.78. The van der Waals surface area contributed by atoms with Crippen LogP contribution < -0.4 is 0 Å². The zero-order valence-electron chi connectivity index (χ0n) is 15.0. The van der Waals surface area contributed by atoms with Crippen LogP contribution in [0.4, 0.5) is 26.3 Å². The maximum atomic E-state index is 12.7. The summed E-state index contributed by atoms with van der Waals surface area (Å²) in [4.78, 5) is 12.1. The van der Waals surface area contributed by atoms with Crippen molar-refractivity contribution in [2.45, 2.75) is 19.3 Å². The van der Waals surface area contributed by atoms with E-state index in [1.54, 1.807) is 30.3 Å². The maximum absolute atomic E-state index is 12.7. The number of hydrogen-bond acceptors (Lipinski definition) is 5. The minimum absolute atomic E-state index is 0.281. The summed E-state index contributed by atoms with van der Waals surface area (Å²) in [7, 11) is -5.33. The van der Waals surface area contributed by atoms with Crippen LogP contribution in [0.2, 0.25) is 0 Å². The fourth-order valence-corrected chi connectivity index (χ4v) is 3.33. The van der Waals surface area contributed by atoms with Crippen molar-refractivity contribution in [3.8, 4) is 0 Å². The molecule has 0 amide bonds. The van der Waals surface area contributed by atoms with Gasteiger partial charge in [-0.25, -0.2) is 4.79 Å². The molecule has 0 radical (unpaired) electrons. The molecule has 0 spiro atoms. The molecule has 0 unspecified atom stereocenters. The number of carbonyl (C=O) groups excluding carboxylic acids is 1. The number of ether oxygens (including phenoxy) is 1. The molecule has 0 N–H and O–H groups in total. The van der Waals surface area contributed by atoms with Gasteiger partial charge < -0.3 is 4.74 Å². The number of carbonyl (C=O) groups is 1. The standard InChI is InChI=1S/C17H17F6O5P/c1-2-26-15(24)14(10-6-9-13-7-4-3-5-8-13)29(25,27-11-16(18,19)20)28-12-17(21,22)23/h3-10H,2,11-12H2,1H3/b9-6+,14-10+. The van der Waals surface area contributed by atoms with Crippen LogP contribution >= 0.6 is 7.60 Å². The Balaban J connectivity index is 3.29. The molecule has 29 heavy (non-hydrogen) atoms. The minimum atomic E-state index is -5.33. The van der Waals surface area contributed by atoms with E-state index in [0.29, 0.717) is 5.56 Å². The zero-order chi connectivity index (χ0) is 22.1. The number of alkyl halides is 6. The second kappa shape index (κ2) is 10.6. The second-order valence-corrected chi connectivity index (χ2v) is 7.31. The predicted octanol–water partition coefficient (Wildman–Crippen LogP) is 5.50. The van der Waals surface area contributed by atoms with Crippen molar-refractivity contribution in [3.63, 3.8) is 0 Å². The van der Waals surface area contributed by atoms with Gasteiger partial charge in [-0.3, -0.25) is 13.6 Å². The van der Waals surface area contributed by atoms with E-state index in [-0.39, 0.29) is 6.61 Å². The first kappa shape index (κ1) is 24.9. The van der Waals surface area contributed by atoms with Gasteiger partial charge in [0.15, 0.2) is 13.2 Å². The van der Waals surface area contributed by atoms with Gasteiger partial charge in [0.05, 0.1) is 6.61 Å². The van der Waals surface area contributed by atoms with Crippen LogP contribution in [0.3, 0.4) is 0 Å². The lowest BCUT2D eigenvalue weighted by molar-refractivity contribution is -0.165. The first-order valence-corrected chi connectivity index (χ1v) is 9.54. The van der Waals surface area contributed by atoms with Crippen LogP contribution in [0.5, 0.6) is 0 Å². The molecule has 0 aliphatic heterocycles. The monoisotopic (exact) mass is 446 g/mol. The topological polar surface area (TPSA) is 61.8 Å². The van der Waals surface area contributed by atoms with E-state index in [9.17, 15) is 35.7 Å². The fourth-order valence-electron chi connectivity index (χ4n) is 1.78. The number of hydrogen-bond donors (Lipinski definition) is 0. The minimum Gasteiger partial charge on any atom is -0.462 e. The number of benzene rings is 1. The summed E-state index contributed by atoms with van der Waals surface area (Å²) in [6, 6.07) is 8.31. The maximum Gasteiger partial charge on any atom is 0.412 e. The van der Waals surface area contributed by atoms with Crippen molar-refractivity contribution in [3.05, 3.63) is 53.4 Å². The summed E-state index contributed by atoms with van der Waals surface area (Å²) in [6.07, 6.45) is -6.86. The Morgan fingerprint density at radius 2 is 1.52 bits per heavy atom. The Hall–Kier alpha value is -2.10. The Bertz CT molecular complexity index is 749. The predicted molar refractivity (Wildman–Crippen MR) is 91.8 cm³/mol. The van der Waals surface area contributed by atoms with E-state index in [4.69, 9.17) is 0 Å². The summed E-state index contributed by atoms with van der Waals surface area (Å²) in [5.41, 5.74) is 0.592. The second-order valence-electron chi connectivity index (χ2n) is 5.32. The Morgan fingerprint density at radius 3 is 1.97 bits per heavy atom. The molecule has 0 aliphatic rings. The van der Waals surface area contributed by atoms with Gasteiger partial charge in [-0.15, -0.1) is 0 Å². The van der Waals surface area contributed by atoms with Gasteiger partial charge in [-0.05, 0) is 18.6 Å². The highest BCUT2D eigenvalue weighted by atomic mass is 31.2. The zero-order valence-corrected chi connectivity index (χ0v) is 15.9. The Labute approximate surface area is 162 Å². The molecular formula is C17H17F6O5P. The highest BCUT2D eigenvalue weighted by molar-refractivity contribution is 7.60. The normalized spacial score (nSPS) is 13.7. The van der Waals surface area contributed by atoms with Gasteiger partial charge in [0.25, 0.3) is 0 Å². The molecule has 5 nitrogen and oxygen atoms in total. The van der Waals surface area contributed by atoms with Gasteiger partial charge in [0.1, 0.15) is 5.31 Å². The molecule has 0 bridgehead atoms. The van der Waals surface area contributed by atoms with Gasteiger partial charge in [-0.1, -0.05) is 42.5 Å². The third kappa shape index (κ3) is 9.78. The molecular weight excluding hydrogens is 429 g/mol. The summed E-state index contributed by atoms with van der Waals surface area (Å²) >= 11 is 0. The fraction of sp³-hybridized carbons (Fsp3) is 0.353. The summed E-state index contributed by atoms with van der Waals surface area (Å²) < 4.78 is 100. The van der Waals surface area contributed by atoms with Gasteiger partial charge >= 0.3 is 25.9 Å². The van der Waals surface area contributed by atoms with E-state index in [1.165, 1.54) is 13.0 Å². The van der Waals surface area contributed by atoms with Crippen molar-refractivity contribution in [2.24, 2.45) is 0 Å². The van der Waals surface area contributed by atoms with Crippen LogP contribution in [0, 0.1) is 0 Å². The molecule has 0 saturated carbocycles. The van der Waals surface area contributed by atoms with Gasteiger partial charge in [0.2, 0.25) is 0 Å². The lowest BCUT2D eigenvalue weighted by Gasteiger charge is -2.21. The molecule has 1 aromatic rings. The molecule has 0 aliphatic carbocycles. The van der Waals surface area contributed by atoms with Crippen molar-refractivity contribution >= 4 is 19.6 Å². The first-order valence-electron chi connectivity index (χ1n) is 8.00. The third-order valence-electron chi connectivity index (χ3n) is 2.92. The first-order chi connectivity index (χ1) is 13.4. The lowest BCUT2D eigenvalue weighted by atomic mass is 10.2. The highest BCUT2D eigenvalue weighted by Crippen LogP contribution is 2.58. The molecule has 0 fully saturated rings. The number of allylic oxidation sites excluding steroid dienone is 2. The van der Waals surface area contributed by atoms with Crippen molar-refractivity contribution in [1.29, 1.82) is 0 Å². The molecule has 1 aromatic carbocycles. The van der Waals surface area contributed by atoms with Crippen molar-refractivity contribution in [2.75, 3.05) is 19.8 Å². The quantitative estimate of drug-likeness (QED) is 0.165. The van der Waals surface area contributed by atoms with Gasteiger partial charge in [-0.2, -0.15) is 26.3 Å². The SMILES string of the molecule is CCOC(=O)/C(=C\C=C\c1ccccc1)P(=O)(OCC(F)(F)F)OCC(F)(F)F. The Morgan fingerprint density at radius 1 is 1.00 bits per heavy atom. The van der Waals surface area contributed by atoms with Crippen molar-refractivity contribution < 1.29 is 49.5 Å². The summed E-state index contributed by atoms with van der Waals surface area (Å²) in [5, 5.41) is -1.10.